The fourth-order valence-electron chi connectivity index (χ4n) is 1.62. The van der Waals surface area contributed by atoms with Crippen molar-refractivity contribution in [2.45, 2.75) is 64.8 Å². The lowest BCUT2D eigenvalue weighted by atomic mass is 10.0. The van der Waals surface area contributed by atoms with E-state index >= 15 is 0 Å². The highest BCUT2D eigenvalue weighted by molar-refractivity contribution is 6.83. The molecule has 1 saturated heterocycles. The molecule has 0 spiro atoms. The average molecular weight is 226 g/mol. The van der Waals surface area contributed by atoms with Crippen LogP contribution in [0.4, 0.5) is 0 Å². The van der Waals surface area contributed by atoms with Crippen molar-refractivity contribution in [3.8, 4) is 11.5 Å². The van der Waals surface area contributed by atoms with Gasteiger partial charge in [0, 0.05) is 0 Å². The van der Waals surface area contributed by atoms with Crippen molar-refractivity contribution < 1.29 is 9.47 Å². The summed E-state index contributed by atoms with van der Waals surface area (Å²) in [5.41, 5.74) is 3.03. The van der Waals surface area contributed by atoms with Gasteiger partial charge in [0.2, 0.25) is 0 Å². The van der Waals surface area contributed by atoms with Gasteiger partial charge in [-0.1, -0.05) is 25.6 Å². The van der Waals surface area contributed by atoms with Crippen LogP contribution in [0.3, 0.4) is 0 Å². The van der Waals surface area contributed by atoms with Gasteiger partial charge in [-0.3, -0.25) is 0 Å². The highest BCUT2D eigenvalue weighted by Gasteiger charge is 2.46. The molecule has 0 bridgehead atoms. The largest absolute Gasteiger partial charge is 0.341 e. The van der Waals surface area contributed by atoms with Crippen molar-refractivity contribution in [1.82, 2.24) is 0 Å². The lowest BCUT2D eigenvalue weighted by molar-refractivity contribution is -0.155. The molecule has 1 rings (SSSR count). The molecule has 0 N–H and O–H groups in total. The van der Waals surface area contributed by atoms with Crippen LogP contribution in [0.2, 0.25) is 19.6 Å². The van der Waals surface area contributed by atoms with Crippen LogP contribution < -0.4 is 0 Å². The Morgan fingerprint density at radius 1 is 1.07 bits per heavy atom. The lowest BCUT2D eigenvalue weighted by Gasteiger charge is -2.21. The molecular weight excluding hydrogens is 204 g/mol. The average Bonchev–Trinajstić information content (AvgIpc) is 2.13. The van der Waals surface area contributed by atoms with Crippen LogP contribution in [0, 0.1) is 11.5 Å². The van der Waals surface area contributed by atoms with E-state index in [1.165, 1.54) is 0 Å². The van der Waals surface area contributed by atoms with Gasteiger partial charge in [-0.25, -0.2) is 0 Å². The molecule has 1 fully saturated rings. The van der Waals surface area contributed by atoms with Gasteiger partial charge in [0.25, 0.3) is 0 Å². The molecule has 2 nitrogen and oxygen atoms in total. The Kier molecular flexibility index (Phi) is 3.08. The van der Waals surface area contributed by atoms with E-state index in [0.29, 0.717) is 0 Å². The molecule has 0 radical (unpaired) electrons. The molecule has 0 aliphatic carbocycles. The van der Waals surface area contributed by atoms with Gasteiger partial charge in [0.1, 0.15) is 19.8 Å². The molecule has 0 aromatic heterocycles. The molecule has 0 aromatic rings. The molecule has 86 valence electrons. The second kappa shape index (κ2) is 3.62. The topological polar surface area (TPSA) is 18.5 Å². The van der Waals surface area contributed by atoms with Crippen LogP contribution >= 0.6 is 0 Å². The van der Waals surface area contributed by atoms with Gasteiger partial charge >= 0.3 is 0 Å². The first-order chi connectivity index (χ1) is 6.52. The molecule has 1 atom stereocenters. The van der Waals surface area contributed by atoms with Crippen molar-refractivity contribution >= 4 is 8.07 Å². The van der Waals surface area contributed by atoms with Gasteiger partial charge < -0.3 is 9.47 Å². The summed E-state index contributed by atoms with van der Waals surface area (Å²) in [4.78, 5) is 0. The minimum atomic E-state index is -1.33. The predicted octanol–water partition coefficient (Wildman–Crippen LogP) is 2.80. The molecule has 1 heterocycles. The summed E-state index contributed by atoms with van der Waals surface area (Å²) in [6.45, 7) is 14.6. The summed E-state index contributed by atoms with van der Waals surface area (Å²) in [6, 6.07) is 0. The van der Waals surface area contributed by atoms with Crippen LogP contribution in [0.25, 0.3) is 0 Å². The maximum atomic E-state index is 5.80. The zero-order valence-corrected chi connectivity index (χ0v) is 11.9. The van der Waals surface area contributed by atoms with Crippen molar-refractivity contribution in [3.63, 3.8) is 0 Å². The van der Waals surface area contributed by atoms with Crippen LogP contribution in [-0.2, 0) is 9.47 Å². The number of rotatable bonds is 0. The van der Waals surface area contributed by atoms with Crippen molar-refractivity contribution in [2.24, 2.45) is 0 Å². The number of ether oxygens (including phenoxy) is 2. The van der Waals surface area contributed by atoms with E-state index in [1.54, 1.807) is 0 Å². The molecule has 1 unspecified atom stereocenters. The summed E-state index contributed by atoms with van der Waals surface area (Å²) in [6.07, 6.45) is -0.112. The minimum Gasteiger partial charge on any atom is -0.341 e. The fraction of sp³-hybridized carbons (Fsp3) is 0.833. The molecule has 1 aliphatic heterocycles. The van der Waals surface area contributed by atoms with E-state index in [9.17, 15) is 0 Å². The maximum absolute atomic E-state index is 5.80. The van der Waals surface area contributed by atoms with Crippen LogP contribution in [0.5, 0.6) is 0 Å². The first-order valence-electron chi connectivity index (χ1n) is 5.43. The standard InChI is InChI=1S/C12H22O2Si/c1-11(2)10(8-9-15(5,6)7)13-12(3,4)14-11/h10H,1-7H3. The predicted molar refractivity (Wildman–Crippen MR) is 65.2 cm³/mol. The monoisotopic (exact) mass is 226 g/mol. The fourth-order valence-corrected chi connectivity index (χ4v) is 2.19. The van der Waals surface area contributed by atoms with Gasteiger partial charge in [0.15, 0.2) is 5.79 Å². The zero-order chi connectivity index (χ0) is 11.9. The van der Waals surface area contributed by atoms with Crippen LogP contribution in [-0.4, -0.2) is 25.6 Å². The summed E-state index contributed by atoms with van der Waals surface area (Å²) in [5.74, 6) is 2.72. The van der Waals surface area contributed by atoms with Crippen LogP contribution in [0.15, 0.2) is 0 Å². The molecule has 15 heavy (non-hydrogen) atoms. The Hall–Kier alpha value is -0.303. The molecule has 0 saturated carbocycles. The van der Waals surface area contributed by atoms with E-state index in [4.69, 9.17) is 9.47 Å². The Morgan fingerprint density at radius 2 is 1.60 bits per heavy atom. The van der Waals surface area contributed by atoms with Crippen molar-refractivity contribution in [2.75, 3.05) is 0 Å². The molecular formula is C12H22O2Si. The Labute approximate surface area is 94.4 Å². The van der Waals surface area contributed by atoms with Gasteiger partial charge in [-0.05, 0) is 27.7 Å². The van der Waals surface area contributed by atoms with Gasteiger partial charge in [-0.2, -0.15) is 0 Å². The second-order valence-corrected chi connectivity index (χ2v) is 10.9. The minimum absolute atomic E-state index is 0.112. The van der Waals surface area contributed by atoms with E-state index in [2.05, 4.69) is 31.1 Å². The third kappa shape index (κ3) is 3.64. The SMILES string of the molecule is CC1(C)OC(C#C[Si](C)(C)C)C(C)(C)O1. The summed E-state index contributed by atoms with van der Waals surface area (Å²) in [5, 5.41) is 0. The highest BCUT2D eigenvalue weighted by atomic mass is 28.3. The third-order valence-electron chi connectivity index (χ3n) is 2.12. The van der Waals surface area contributed by atoms with E-state index in [-0.39, 0.29) is 11.7 Å². The van der Waals surface area contributed by atoms with E-state index < -0.39 is 13.9 Å². The Morgan fingerprint density at radius 3 is 1.93 bits per heavy atom. The Balaban J connectivity index is 2.83. The van der Waals surface area contributed by atoms with Crippen molar-refractivity contribution in [3.05, 3.63) is 0 Å². The van der Waals surface area contributed by atoms with Gasteiger partial charge in [0.05, 0.1) is 0 Å². The molecule has 3 heteroatoms. The summed E-state index contributed by atoms with van der Waals surface area (Å²) < 4.78 is 11.6. The maximum Gasteiger partial charge on any atom is 0.165 e. The van der Waals surface area contributed by atoms with Crippen molar-refractivity contribution in [1.29, 1.82) is 0 Å². The first kappa shape index (κ1) is 12.8. The van der Waals surface area contributed by atoms with Gasteiger partial charge in [-0.15, -0.1) is 5.54 Å². The Bertz CT molecular complexity index is 302. The summed E-state index contributed by atoms with van der Waals surface area (Å²) in [7, 11) is -1.33. The second-order valence-electron chi connectivity index (χ2n) is 6.12. The summed E-state index contributed by atoms with van der Waals surface area (Å²) >= 11 is 0. The molecule has 0 aromatic carbocycles. The lowest BCUT2D eigenvalue weighted by Crippen LogP contribution is -2.32. The smallest absolute Gasteiger partial charge is 0.165 e. The molecule has 1 aliphatic rings. The normalized spacial score (nSPS) is 28.3. The van der Waals surface area contributed by atoms with E-state index in [0.717, 1.165) is 0 Å². The van der Waals surface area contributed by atoms with E-state index in [1.807, 2.05) is 27.7 Å². The van der Waals surface area contributed by atoms with Crippen LogP contribution in [0.1, 0.15) is 27.7 Å². The quantitative estimate of drug-likeness (QED) is 0.467. The molecule has 0 amide bonds. The highest BCUT2D eigenvalue weighted by Crippen LogP contribution is 2.35. The number of hydrogen-bond acceptors (Lipinski definition) is 2. The number of hydrogen-bond donors (Lipinski definition) is 0. The zero-order valence-electron chi connectivity index (χ0n) is 10.9. The third-order valence-corrected chi connectivity index (χ3v) is 3.01. The first-order valence-corrected chi connectivity index (χ1v) is 8.93.